The van der Waals surface area contributed by atoms with E-state index in [2.05, 4.69) is 4.74 Å². The van der Waals surface area contributed by atoms with Crippen molar-refractivity contribution in [1.29, 1.82) is 0 Å². The Morgan fingerprint density at radius 1 is 1.10 bits per heavy atom. The lowest BCUT2D eigenvalue weighted by Gasteiger charge is -2.25. The summed E-state index contributed by atoms with van der Waals surface area (Å²) in [6, 6.07) is 0. The van der Waals surface area contributed by atoms with Crippen LogP contribution in [0.5, 0.6) is 0 Å². The van der Waals surface area contributed by atoms with Gasteiger partial charge in [-0.1, -0.05) is 58.0 Å². The number of rotatable bonds is 2. The van der Waals surface area contributed by atoms with E-state index in [1.54, 1.807) is 0 Å². The number of aliphatic hydroxyl groups excluding tert-OH is 1. The number of halogens is 5. The maximum atomic E-state index is 8.20. The SMILES string of the molecule is OCOC(Cl)(Cl)C(Cl)(Cl)Cl. The van der Waals surface area contributed by atoms with Crippen molar-refractivity contribution in [2.45, 2.75) is 8.31 Å². The third-order valence-corrected chi connectivity index (χ3v) is 2.74. The van der Waals surface area contributed by atoms with Crippen LogP contribution in [-0.4, -0.2) is 20.2 Å². The van der Waals surface area contributed by atoms with Crippen LogP contribution < -0.4 is 0 Å². The topological polar surface area (TPSA) is 29.5 Å². The van der Waals surface area contributed by atoms with Gasteiger partial charge in [-0.15, -0.1) is 0 Å². The highest BCUT2D eigenvalue weighted by molar-refractivity contribution is 6.75. The van der Waals surface area contributed by atoms with E-state index in [1.807, 2.05) is 0 Å². The third-order valence-electron chi connectivity index (χ3n) is 0.576. The van der Waals surface area contributed by atoms with E-state index >= 15 is 0 Å². The summed E-state index contributed by atoms with van der Waals surface area (Å²) in [6.07, 6.45) is 0. The van der Waals surface area contributed by atoms with E-state index in [1.165, 1.54) is 0 Å². The molecule has 0 aliphatic carbocycles. The Kier molecular flexibility index (Phi) is 4.38. The molecule has 0 radical (unpaired) electrons. The second kappa shape index (κ2) is 3.85. The second-order valence-electron chi connectivity index (χ2n) is 1.29. The lowest BCUT2D eigenvalue weighted by molar-refractivity contribution is -0.0341. The van der Waals surface area contributed by atoms with E-state index in [-0.39, 0.29) is 0 Å². The van der Waals surface area contributed by atoms with Crippen molar-refractivity contribution >= 4 is 58.0 Å². The Hall–Kier alpha value is 1.37. The van der Waals surface area contributed by atoms with Crippen molar-refractivity contribution in [3.05, 3.63) is 0 Å². The molecular weight excluding hydrogens is 245 g/mol. The summed E-state index contributed by atoms with van der Waals surface area (Å²) < 4.78 is 0.276. The molecule has 0 heterocycles. The molecule has 0 bridgehead atoms. The number of hydrogen-bond donors (Lipinski definition) is 1. The van der Waals surface area contributed by atoms with E-state index in [0.29, 0.717) is 0 Å². The zero-order chi connectivity index (χ0) is 8.41. The summed E-state index contributed by atoms with van der Waals surface area (Å²) in [6.45, 7) is -0.721. The zero-order valence-electron chi connectivity index (χ0n) is 4.45. The first-order chi connectivity index (χ1) is 4.31. The molecule has 62 valence electrons. The molecule has 10 heavy (non-hydrogen) atoms. The van der Waals surface area contributed by atoms with Crippen LogP contribution in [0.2, 0.25) is 0 Å². The Morgan fingerprint density at radius 2 is 1.50 bits per heavy atom. The molecule has 2 nitrogen and oxygen atoms in total. The standard InChI is InChI=1S/C3H3Cl5O2/c4-2(5,6)3(7,8)10-1-9/h9H,1H2. The van der Waals surface area contributed by atoms with Crippen molar-refractivity contribution < 1.29 is 9.84 Å². The minimum Gasteiger partial charge on any atom is -0.370 e. The lowest BCUT2D eigenvalue weighted by Crippen LogP contribution is -2.34. The van der Waals surface area contributed by atoms with Crippen LogP contribution in [-0.2, 0) is 4.74 Å². The zero-order valence-corrected chi connectivity index (χ0v) is 8.23. The van der Waals surface area contributed by atoms with Gasteiger partial charge in [0.15, 0.2) is 0 Å². The quantitative estimate of drug-likeness (QED) is 0.601. The third kappa shape index (κ3) is 3.18. The Labute approximate surface area is 82.9 Å². The van der Waals surface area contributed by atoms with Crippen molar-refractivity contribution in [1.82, 2.24) is 0 Å². The maximum absolute atomic E-state index is 8.20. The van der Waals surface area contributed by atoms with Gasteiger partial charge in [0, 0.05) is 0 Å². The minimum absolute atomic E-state index is 0.721. The van der Waals surface area contributed by atoms with Gasteiger partial charge >= 0.3 is 0 Å². The summed E-state index contributed by atoms with van der Waals surface area (Å²) >= 11 is 26.3. The van der Waals surface area contributed by atoms with Crippen molar-refractivity contribution in [3.63, 3.8) is 0 Å². The second-order valence-corrected chi connectivity index (χ2v) is 4.83. The highest BCUT2D eigenvalue weighted by Crippen LogP contribution is 2.46. The van der Waals surface area contributed by atoms with Crippen LogP contribution in [0.3, 0.4) is 0 Å². The largest absolute Gasteiger partial charge is 0.370 e. The molecule has 0 rings (SSSR count). The molecule has 0 aromatic heterocycles. The first-order valence-electron chi connectivity index (χ1n) is 2.00. The molecule has 0 aromatic carbocycles. The molecule has 0 saturated heterocycles. The predicted octanol–water partition coefficient (Wildman–Crippen LogP) is 2.45. The van der Waals surface area contributed by atoms with E-state index in [4.69, 9.17) is 63.1 Å². The summed E-state index contributed by atoms with van der Waals surface area (Å²) in [7, 11) is 0. The van der Waals surface area contributed by atoms with Crippen LogP contribution in [0.4, 0.5) is 0 Å². The van der Waals surface area contributed by atoms with E-state index < -0.39 is 15.1 Å². The summed E-state index contributed by atoms with van der Waals surface area (Å²) in [5.74, 6) is 0. The first-order valence-corrected chi connectivity index (χ1v) is 3.89. The predicted molar refractivity (Wildman–Crippen MR) is 42.9 cm³/mol. The molecule has 0 fully saturated rings. The van der Waals surface area contributed by atoms with Gasteiger partial charge in [-0.3, -0.25) is 0 Å². The Bertz CT molecular complexity index is 108. The number of ether oxygens (including phenoxy) is 1. The Balaban J connectivity index is 4.10. The summed E-state index contributed by atoms with van der Waals surface area (Å²) in [5.41, 5.74) is 0. The normalized spacial score (nSPS) is 13.8. The van der Waals surface area contributed by atoms with Gasteiger partial charge in [-0.2, -0.15) is 0 Å². The monoisotopic (exact) mass is 246 g/mol. The van der Waals surface area contributed by atoms with Gasteiger partial charge in [-0.05, 0) is 0 Å². The fraction of sp³-hybridized carbons (Fsp3) is 1.00. The van der Waals surface area contributed by atoms with Crippen LogP contribution in [0.25, 0.3) is 0 Å². The molecule has 0 atom stereocenters. The highest BCUT2D eigenvalue weighted by atomic mass is 35.6. The van der Waals surface area contributed by atoms with Gasteiger partial charge in [0.25, 0.3) is 4.52 Å². The lowest BCUT2D eigenvalue weighted by atomic mass is 10.8. The van der Waals surface area contributed by atoms with Crippen molar-refractivity contribution in [3.8, 4) is 0 Å². The van der Waals surface area contributed by atoms with E-state index in [9.17, 15) is 0 Å². The Morgan fingerprint density at radius 3 is 1.60 bits per heavy atom. The molecule has 0 unspecified atom stereocenters. The summed E-state index contributed by atoms with van der Waals surface area (Å²) in [4.78, 5) is 0. The first kappa shape index (κ1) is 11.4. The highest BCUT2D eigenvalue weighted by Gasteiger charge is 2.47. The molecule has 0 aliphatic rings. The summed E-state index contributed by atoms with van der Waals surface area (Å²) in [5, 5.41) is 8.20. The molecule has 0 aliphatic heterocycles. The molecule has 0 saturated carbocycles. The fourth-order valence-electron chi connectivity index (χ4n) is 0.163. The van der Waals surface area contributed by atoms with Gasteiger partial charge in [0.1, 0.15) is 6.79 Å². The average Bonchev–Trinajstić information content (AvgIpc) is 1.61. The van der Waals surface area contributed by atoms with Crippen LogP contribution in [0.1, 0.15) is 0 Å². The van der Waals surface area contributed by atoms with Gasteiger partial charge in [-0.25, -0.2) is 0 Å². The van der Waals surface area contributed by atoms with Gasteiger partial charge in [0.05, 0.1) is 0 Å². The van der Waals surface area contributed by atoms with Crippen LogP contribution in [0, 0.1) is 0 Å². The minimum atomic E-state index is -2.02. The molecule has 7 heteroatoms. The molecule has 0 amide bonds. The molecule has 0 spiro atoms. The average molecular weight is 248 g/mol. The van der Waals surface area contributed by atoms with Crippen molar-refractivity contribution in [2.75, 3.05) is 6.79 Å². The van der Waals surface area contributed by atoms with Gasteiger partial charge < -0.3 is 9.84 Å². The molecular formula is C3H3Cl5O2. The molecule has 0 aromatic rings. The van der Waals surface area contributed by atoms with E-state index in [0.717, 1.165) is 0 Å². The van der Waals surface area contributed by atoms with Crippen LogP contribution >= 0.6 is 58.0 Å². The number of aliphatic hydroxyl groups is 1. The maximum Gasteiger partial charge on any atom is 0.267 e. The molecule has 1 N–H and O–H groups in total. The number of alkyl halides is 5. The smallest absolute Gasteiger partial charge is 0.267 e. The van der Waals surface area contributed by atoms with Crippen molar-refractivity contribution in [2.24, 2.45) is 0 Å². The fourth-order valence-corrected chi connectivity index (χ4v) is 0.424. The number of hydrogen-bond acceptors (Lipinski definition) is 2. The van der Waals surface area contributed by atoms with Gasteiger partial charge in [0.2, 0.25) is 3.79 Å². The van der Waals surface area contributed by atoms with Crippen LogP contribution in [0.15, 0.2) is 0 Å².